The Morgan fingerprint density at radius 2 is 1.92 bits per heavy atom. The van der Waals surface area contributed by atoms with Gasteiger partial charge in [0.1, 0.15) is 18.2 Å². The van der Waals surface area contributed by atoms with Crippen molar-refractivity contribution in [2.24, 2.45) is 0 Å². The van der Waals surface area contributed by atoms with E-state index in [9.17, 15) is 24.5 Å². The Morgan fingerprint density at radius 3 is 2.53 bits per heavy atom. The van der Waals surface area contributed by atoms with E-state index < -0.39 is 22.7 Å². The summed E-state index contributed by atoms with van der Waals surface area (Å²) in [7, 11) is 0. The smallest absolute Gasteiger partial charge is 0.408 e. The first-order chi connectivity index (χ1) is 17.0. The molecular formula is C24H31N5O7. The van der Waals surface area contributed by atoms with E-state index in [1.807, 2.05) is 0 Å². The molecule has 1 N–H and O–H groups in total. The molecule has 0 spiro atoms. The lowest BCUT2D eigenvalue weighted by Gasteiger charge is -2.31. The number of nitro benzene ring substituents is 1. The minimum atomic E-state index is -0.947. The molecule has 1 aliphatic rings. The second kappa shape index (κ2) is 11.2. The number of benzene rings is 1. The summed E-state index contributed by atoms with van der Waals surface area (Å²) in [6.45, 7) is 7.82. The lowest BCUT2D eigenvalue weighted by Crippen LogP contribution is -2.51. The van der Waals surface area contributed by atoms with Crippen molar-refractivity contribution in [1.29, 1.82) is 0 Å². The monoisotopic (exact) mass is 501 g/mol. The van der Waals surface area contributed by atoms with Crippen LogP contribution < -0.4 is 5.32 Å². The molecule has 0 fully saturated rings. The molecule has 0 radical (unpaired) electrons. The van der Waals surface area contributed by atoms with Crippen molar-refractivity contribution in [2.45, 2.75) is 65.3 Å². The number of esters is 1. The van der Waals surface area contributed by atoms with E-state index in [0.717, 1.165) is 11.3 Å². The van der Waals surface area contributed by atoms with Crippen LogP contribution in [0.5, 0.6) is 0 Å². The van der Waals surface area contributed by atoms with Gasteiger partial charge in [0.05, 0.1) is 17.7 Å². The molecule has 1 aliphatic heterocycles. The summed E-state index contributed by atoms with van der Waals surface area (Å²) in [5.74, 6) is -0.699. The fourth-order valence-electron chi connectivity index (χ4n) is 3.91. The number of ether oxygens (including phenoxy) is 2. The normalized spacial score (nSPS) is 13.9. The quantitative estimate of drug-likeness (QED) is 0.330. The van der Waals surface area contributed by atoms with Gasteiger partial charge in [-0.3, -0.25) is 24.4 Å². The largest absolute Gasteiger partial charge is 0.465 e. The van der Waals surface area contributed by atoms with Crippen molar-refractivity contribution >= 4 is 23.7 Å². The van der Waals surface area contributed by atoms with Crippen LogP contribution in [0.15, 0.2) is 30.5 Å². The number of aromatic nitrogens is 2. The number of non-ortho nitro benzene ring substituents is 1. The van der Waals surface area contributed by atoms with Gasteiger partial charge in [0.25, 0.3) is 5.69 Å². The maximum absolute atomic E-state index is 13.5. The summed E-state index contributed by atoms with van der Waals surface area (Å²) >= 11 is 0. The maximum atomic E-state index is 13.5. The Morgan fingerprint density at radius 1 is 1.22 bits per heavy atom. The molecule has 2 heterocycles. The minimum absolute atomic E-state index is 0.0000874. The number of nitro groups is 1. The molecule has 1 atom stereocenters. The van der Waals surface area contributed by atoms with Gasteiger partial charge >= 0.3 is 12.1 Å². The minimum Gasteiger partial charge on any atom is -0.465 e. The van der Waals surface area contributed by atoms with Crippen LogP contribution in [0.4, 0.5) is 10.5 Å². The van der Waals surface area contributed by atoms with Crippen molar-refractivity contribution in [3.63, 3.8) is 0 Å². The highest BCUT2D eigenvalue weighted by Gasteiger charge is 2.32. The van der Waals surface area contributed by atoms with Crippen LogP contribution in [0.1, 0.15) is 44.5 Å². The molecule has 12 nitrogen and oxygen atoms in total. The van der Waals surface area contributed by atoms with Gasteiger partial charge in [0, 0.05) is 49.3 Å². The second-order valence-electron chi connectivity index (χ2n) is 9.42. The number of rotatable bonds is 8. The summed E-state index contributed by atoms with van der Waals surface area (Å²) in [6, 6.07) is 4.88. The third kappa shape index (κ3) is 7.03. The molecule has 36 heavy (non-hydrogen) atoms. The zero-order chi connectivity index (χ0) is 26.5. The summed E-state index contributed by atoms with van der Waals surface area (Å²) in [6.07, 6.45) is 1.50. The number of nitrogens with zero attached hydrogens (tertiary/aromatic N) is 4. The average molecular weight is 502 g/mol. The molecule has 1 aromatic carbocycles. The van der Waals surface area contributed by atoms with E-state index in [1.165, 1.54) is 12.1 Å². The van der Waals surface area contributed by atoms with Gasteiger partial charge in [-0.1, -0.05) is 12.1 Å². The average Bonchev–Trinajstić information content (AvgIpc) is 3.19. The van der Waals surface area contributed by atoms with Gasteiger partial charge in [-0.05, 0) is 33.3 Å². The molecule has 0 aliphatic carbocycles. The first-order valence-electron chi connectivity index (χ1n) is 11.7. The van der Waals surface area contributed by atoms with Crippen LogP contribution in [0.3, 0.4) is 0 Å². The zero-order valence-electron chi connectivity index (χ0n) is 20.9. The number of hydrogen-bond donors (Lipinski definition) is 1. The molecule has 0 bridgehead atoms. The summed E-state index contributed by atoms with van der Waals surface area (Å²) in [5, 5.41) is 17.9. The highest BCUT2D eigenvalue weighted by atomic mass is 16.6. The number of alkyl carbamates (subject to hydrolysis) is 1. The van der Waals surface area contributed by atoms with Crippen LogP contribution in [0.2, 0.25) is 0 Å². The zero-order valence-corrected chi connectivity index (χ0v) is 20.9. The van der Waals surface area contributed by atoms with Crippen molar-refractivity contribution < 1.29 is 28.8 Å². The van der Waals surface area contributed by atoms with E-state index in [0.29, 0.717) is 18.5 Å². The molecule has 2 aromatic rings. The first-order valence-corrected chi connectivity index (χ1v) is 11.7. The topological polar surface area (TPSA) is 146 Å². The molecule has 3 rings (SSSR count). The highest BCUT2D eigenvalue weighted by molar-refractivity contribution is 5.86. The Hall–Kier alpha value is -3.96. The van der Waals surface area contributed by atoms with Crippen LogP contribution >= 0.6 is 0 Å². The van der Waals surface area contributed by atoms with Gasteiger partial charge in [-0.25, -0.2) is 4.79 Å². The number of carbonyl (C=O) groups excluding carboxylic acids is 3. The molecule has 0 saturated carbocycles. The highest BCUT2D eigenvalue weighted by Crippen LogP contribution is 2.21. The summed E-state index contributed by atoms with van der Waals surface area (Å²) in [4.78, 5) is 49.9. The fourth-order valence-corrected chi connectivity index (χ4v) is 3.91. The molecule has 2 amide bonds. The molecule has 1 aromatic heterocycles. The second-order valence-corrected chi connectivity index (χ2v) is 9.42. The maximum Gasteiger partial charge on any atom is 0.408 e. The van der Waals surface area contributed by atoms with Crippen molar-refractivity contribution in [3.8, 4) is 0 Å². The van der Waals surface area contributed by atoms with Crippen molar-refractivity contribution in [1.82, 2.24) is 20.0 Å². The third-order valence-electron chi connectivity index (χ3n) is 5.49. The molecule has 12 heteroatoms. The van der Waals surface area contributed by atoms with E-state index in [-0.39, 0.29) is 43.7 Å². The number of hydrogen-bond acceptors (Lipinski definition) is 8. The SMILES string of the molecule is CCOC(=O)Cn1ncc2c1CCN(C(=O)[C@H](Cc1ccc([N+](=O)[O-])cc1)NC(=O)OC(C)(C)C)C2. The van der Waals surface area contributed by atoms with E-state index in [4.69, 9.17) is 9.47 Å². The van der Waals surface area contributed by atoms with Gasteiger partial charge in [-0.2, -0.15) is 5.10 Å². The number of nitrogens with one attached hydrogen (secondary N) is 1. The van der Waals surface area contributed by atoms with Crippen molar-refractivity contribution in [2.75, 3.05) is 13.2 Å². The molecule has 0 unspecified atom stereocenters. The number of carbonyl (C=O) groups is 3. The number of fused-ring (bicyclic) bond motifs is 1. The predicted molar refractivity (Wildman–Crippen MR) is 128 cm³/mol. The molecule has 0 saturated heterocycles. The predicted octanol–water partition coefficient (Wildman–Crippen LogP) is 2.38. The first kappa shape index (κ1) is 26.6. The van der Waals surface area contributed by atoms with Crippen LogP contribution in [-0.4, -0.2) is 62.4 Å². The van der Waals surface area contributed by atoms with Crippen molar-refractivity contribution in [3.05, 3.63) is 57.4 Å². The van der Waals surface area contributed by atoms with Crippen LogP contribution in [0.25, 0.3) is 0 Å². The molecule has 194 valence electrons. The lowest BCUT2D eigenvalue weighted by atomic mass is 10.0. The Kier molecular flexibility index (Phi) is 8.28. The van der Waals surface area contributed by atoms with Gasteiger partial charge < -0.3 is 19.7 Å². The van der Waals surface area contributed by atoms with Gasteiger partial charge in [0.2, 0.25) is 5.91 Å². The summed E-state index contributed by atoms with van der Waals surface area (Å²) < 4.78 is 11.9. The van der Waals surface area contributed by atoms with E-state index in [2.05, 4.69) is 10.4 Å². The Balaban J connectivity index is 1.76. The Bertz CT molecular complexity index is 1120. The standard InChI is InChI=1S/C24H31N5O7/c1-5-35-21(30)15-28-20-10-11-27(14-17(20)13-25-28)22(31)19(26-23(32)36-24(2,3)4)12-16-6-8-18(9-7-16)29(33)34/h6-9,13,19H,5,10-12,14-15H2,1-4H3,(H,26,32)/t19-/m0/s1. The fraction of sp³-hybridized carbons (Fsp3) is 0.500. The Labute approximate surface area is 208 Å². The molecular weight excluding hydrogens is 470 g/mol. The van der Waals surface area contributed by atoms with Gasteiger partial charge in [0.15, 0.2) is 0 Å². The third-order valence-corrected chi connectivity index (χ3v) is 5.49. The number of amides is 2. The van der Waals surface area contributed by atoms with Gasteiger partial charge in [-0.15, -0.1) is 0 Å². The summed E-state index contributed by atoms with van der Waals surface area (Å²) in [5.41, 5.74) is 1.50. The van der Waals surface area contributed by atoms with Crippen LogP contribution in [0, 0.1) is 10.1 Å². The van der Waals surface area contributed by atoms with E-state index >= 15 is 0 Å². The lowest BCUT2D eigenvalue weighted by molar-refractivity contribution is -0.384. The van der Waals surface area contributed by atoms with E-state index in [1.54, 1.807) is 55.6 Å². The van der Waals surface area contributed by atoms with Crippen LogP contribution in [-0.2, 0) is 45.0 Å².